The number of rotatable bonds is 8. The topological polar surface area (TPSA) is 72.5 Å². The first-order valence-electron chi connectivity index (χ1n) is 10.2. The van der Waals surface area contributed by atoms with Gasteiger partial charge in [-0.2, -0.15) is 0 Å². The third-order valence-corrected chi connectivity index (χ3v) is 6.02. The van der Waals surface area contributed by atoms with Gasteiger partial charge in [-0.1, -0.05) is 24.3 Å². The van der Waals surface area contributed by atoms with Crippen molar-refractivity contribution in [2.24, 2.45) is 0 Å². The van der Waals surface area contributed by atoms with Gasteiger partial charge in [-0.15, -0.1) is 11.8 Å². The smallest absolute Gasteiger partial charge is 0.339 e. The molecule has 6 heteroatoms. The van der Waals surface area contributed by atoms with E-state index in [9.17, 15) is 14.4 Å². The van der Waals surface area contributed by atoms with Gasteiger partial charge in [0.05, 0.1) is 11.3 Å². The van der Waals surface area contributed by atoms with E-state index in [0.29, 0.717) is 16.0 Å². The van der Waals surface area contributed by atoms with E-state index in [4.69, 9.17) is 4.74 Å². The quantitative estimate of drug-likeness (QED) is 0.389. The van der Waals surface area contributed by atoms with Crippen molar-refractivity contribution in [1.82, 2.24) is 5.32 Å². The first-order chi connectivity index (χ1) is 14.3. The summed E-state index contributed by atoms with van der Waals surface area (Å²) in [7, 11) is 0. The highest BCUT2D eigenvalue weighted by molar-refractivity contribution is 8.00. The molecule has 0 saturated heterocycles. The van der Waals surface area contributed by atoms with Crippen LogP contribution in [0, 0.1) is 0 Å². The second kappa shape index (κ2) is 9.94. The predicted octanol–water partition coefficient (Wildman–Crippen LogP) is 4.22. The molecule has 0 saturated carbocycles. The Balaban J connectivity index is 1.65. The molecule has 3 rings (SSSR count). The summed E-state index contributed by atoms with van der Waals surface area (Å²) in [6.45, 7) is 5.39. The van der Waals surface area contributed by atoms with Gasteiger partial charge in [-0.3, -0.25) is 9.59 Å². The molecule has 0 unspecified atom stereocenters. The highest BCUT2D eigenvalue weighted by Gasteiger charge is 2.23. The van der Waals surface area contributed by atoms with Crippen molar-refractivity contribution in [2.75, 3.05) is 5.75 Å². The maximum atomic E-state index is 12.8. The maximum absolute atomic E-state index is 12.8. The molecule has 1 atom stereocenters. The molecule has 30 heavy (non-hydrogen) atoms. The minimum absolute atomic E-state index is 0.0596. The molecule has 1 N–H and O–H groups in total. The molecule has 158 valence electrons. The van der Waals surface area contributed by atoms with Crippen LogP contribution in [0.15, 0.2) is 47.4 Å². The monoisotopic (exact) mass is 425 g/mol. The first kappa shape index (κ1) is 22.1. The second-order valence-electron chi connectivity index (χ2n) is 7.76. The minimum Gasteiger partial charge on any atom is -0.451 e. The summed E-state index contributed by atoms with van der Waals surface area (Å²) in [5.74, 6) is -0.672. The highest BCUT2D eigenvalue weighted by atomic mass is 32.2. The van der Waals surface area contributed by atoms with Crippen LogP contribution in [0.5, 0.6) is 0 Å². The zero-order chi connectivity index (χ0) is 21.7. The lowest BCUT2D eigenvalue weighted by Gasteiger charge is -2.15. The number of fused-ring (bicyclic) bond motifs is 1. The average molecular weight is 426 g/mol. The van der Waals surface area contributed by atoms with Crippen molar-refractivity contribution in [3.63, 3.8) is 0 Å². The van der Waals surface area contributed by atoms with Crippen molar-refractivity contribution in [3.8, 4) is 0 Å². The molecule has 0 fully saturated rings. The Hall–Kier alpha value is -2.60. The number of benzene rings is 2. The zero-order valence-corrected chi connectivity index (χ0v) is 18.4. The number of Topliss-reactive ketones (excluding diaryl/α,β-unsaturated/α-hetero) is 1. The van der Waals surface area contributed by atoms with Crippen LogP contribution < -0.4 is 5.32 Å². The van der Waals surface area contributed by atoms with Gasteiger partial charge in [0, 0.05) is 16.5 Å². The van der Waals surface area contributed by atoms with Gasteiger partial charge in [-0.05, 0) is 69.4 Å². The number of thioether (sulfide) groups is 1. The summed E-state index contributed by atoms with van der Waals surface area (Å²) in [4.78, 5) is 38.1. The molecule has 1 aliphatic rings. The Morgan fingerprint density at radius 2 is 1.77 bits per heavy atom. The van der Waals surface area contributed by atoms with Gasteiger partial charge in [0.1, 0.15) is 0 Å². The number of ketones is 1. The molecular weight excluding hydrogens is 398 g/mol. The van der Waals surface area contributed by atoms with Crippen LogP contribution in [0.3, 0.4) is 0 Å². The Kier molecular flexibility index (Phi) is 7.32. The summed E-state index contributed by atoms with van der Waals surface area (Å²) < 4.78 is 5.48. The van der Waals surface area contributed by atoms with Crippen LogP contribution in [0.4, 0.5) is 0 Å². The maximum Gasteiger partial charge on any atom is 0.339 e. The van der Waals surface area contributed by atoms with Crippen molar-refractivity contribution in [2.45, 2.75) is 57.1 Å². The molecular formula is C24H27NO4S. The minimum atomic E-state index is -0.890. The molecule has 0 spiro atoms. The summed E-state index contributed by atoms with van der Waals surface area (Å²) in [5.41, 5.74) is 3.43. The molecule has 1 aliphatic carbocycles. The van der Waals surface area contributed by atoms with E-state index in [2.05, 4.69) is 5.32 Å². The number of carbonyl (C=O) groups excluding carboxylic acids is 3. The van der Waals surface area contributed by atoms with E-state index in [0.717, 1.165) is 19.3 Å². The number of hydrogen-bond donors (Lipinski definition) is 1. The van der Waals surface area contributed by atoms with E-state index in [1.54, 1.807) is 31.2 Å². The Morgan fingerprint density at radius 1 is 1.03 bits per heavy atom. The van der Waals surface area contributed by atoms with Crippen LogP contribution >= 0.6 is 11.8 Å². The van der Waals surface area contributed by atoms with Crippen LogP contribution in [-0.2, 0) is 22.4 Å². The van der Waals surface area contributed by atoms with Crippen molar-refractivity contribution < 1.29 is 19.1 Å². The van der Waals surface area contributed by atoms with Crippen LogP contribution in [0.2, 0.25) is 0 Å². The Bertz CT molecular complexity index is 954. The van der Waals surface area contributed by atoms with Gasteiger partial charge < -0.3 is 10.1 Å². The van der Waals surface area contributed by atoms with E-state index < -0.39 is 12.1 Å². The fourth-order valence-corrected chi connectivity index (χ4v) is 4.36. The predicted molar refractivity (Wildman–Crippen MR) is 118 cm³/mol. The molecule has 0 aromatic heterocycles. The van der Waals surface area contributed by atoms with Crippen LogP contribution in [-0.4, -0.2) is 35.6 Å². The number of hydrogen-bond acceptors (Lipinski definition) is 5. The summed E-state index contributed by atoms with van der Waals surface area (Å²) in [5, 5.41) is 2.82. The fourth-order valence-electron chi connectivity index (χ4n) is 3.51. The molecule has 1 amide bonds. The normalized spacial score (nSPS) is 13.6. The van der Waals surface area contributed by atoms with Crippen molar-refractivity contribution in [3.05, 3.63) is 64.7 Å². The lowest BCUT2D eigenvalue weighted by molar-refractivity contribution is -0.119. The van der Waals surface area contributed by atoms with E-state index in [-0.39, 0.29) is 23.5 Å². The molecule has 0 radical (unpaired) electrons. The molecule has 5 nitrogen and oxygen atoms in total. The number of ether oxygens (including phenoxy) is 1. The van der Waals surface area contributed by atoms with Crippen molar-refractivity contribution in [1.29, 1.82) is 0 Å². The zero-order valence-electron chi connectivity index (χ0n) is 17.6. The van der Waals surface area contributed by atoms with E-state index >= 15 is 0 Å². The largest absolute Gasteiger partial charge is 0.451 e. The lowest BCUT2D eigenvalue weighted by atomic mass is 10.0. The Morgan fingerprint density at radius 3 is 2.53 bits per heavy atom. The number of carbonyl (C=O) groups is 3. The number of nitrogens with one attached hydrogen (secondary N) is 1. The van der Waals surface area contributed by atoms with Crippen molar-refractivity contribution >= 4 is 29.4 Å². The first-order valence-corrected chi connectivity index (χ1v) is 11.2. The fraction of sp³-hybridized carbons (Fsp3) is 0.375. The second-order valence-corrected chi connectivity index (χ2v) is 8.77. The average Bonchev–Trinajstić information content (AvgIpc) is 3.19. The van der Waals surface area contributed by atoms with Gasteiger partial charge >= 0.3 is 5.97 Å². The van der Waals surface area contributed by atoms with E-state index in [1.165, 1.54) is 22.9 Å². The van der Waals surface area contributed by atoms with E-state index in [1.807, 2.05) is 32.0 Å². The molecule has 0 aliphatic heterocycles. The van der Waals surface area contributed by atoms with Crippen LogP contribution in [0.25, 0.3) is 0 Å². The van der Waals surface area contributed by atoms with Gasteiger partial charge in [0.2, 0.25) is 11.7 Å². The van der Waals surface area contributed by atoms with Crippen LogP contribution in [0.1, 0.15) is 59.0 Å². The number of aryl methyl sites for hydroxylation is 2. The lowest BCUT2D eigenvalue weighted by Crippen LogP contribution is -2.31. The van der Waals surface area contributed by atoms with Gasteiger partial charge in [-0.25, -0.2) is 4.79 Å². The summed E-state index contributed by atoms with van der Waals surface area (Å²) in [6.07, 6.45) is 2.26. The van der Waals surface area contributed by atoms with Gasteiger partial charge in [0.25, 0.3) is 0 Å². The summed E-state index contributed by atoms with van der Waals surface area (Å²) in [6, 6.07) is 12.8. The standard InChI is InChI=1S/C24H27NO4S/c1-15(2)25-22(26)14-30-21-10-5-4-9-20(21)24(28)29-16(3)23(27)19-12-11-17-7-6-8-18(17)13-19/h4-5,9-13,15-16H,6-8,14H2,1-3H3,(H,25,26)/t16-/m1/s1. The number of amides is 1. The molecule has 0 heterocycles. The third kappa shape index (κ3) is 5.51. The molecule has 2 aromatic carbocycles. The number of esters is 1. The SMILES string of the molecule is CC(C)NC(=O)CSc1ccccc1C(=O)O[C@H](C)C(=O)c1ccc2c(c1)CCC2. The third-order valence-electron chi connectivity index (χ3n) is 4.95. The Labute approximate surface area is 181 Å². The molecule has 0 bridgehead atoms. The van der Waals surface area contributed by atoms with Gasteiger partial charge in [0.15, 0.2) is 6.10 Å². The summed E-state index contributed by atoms with van der Waals surface area (Å²) >= 11 is 1.27. The molecule has 2 aromatic rings. The highest BCUT2D eigenvalue weighted by Crippen LogP contribution is 2.25.